The third-order valence-electron chi connectivity index (χ3n) is 0.233. The molecule has 6 nitrogen and oxygen atoms in total. The van der Waals surface area contributed by atoms with Gasteiger partial charge in [-0.15, -0.1) is 0 Å². The Kier molecular flexibility index (Phi) is 2.31. The van der Waals surface area contributed by atoms with Crippen LogP contribution in [-0.2, 0) is 14.6 Å². The molecule has 0 aromatic heterocycles. The van der Waals surface area contributed by atoms with E-state index in [2.05, 4.69) is 15.7 Å². The summed E-state index contributed by atoms with van der Waals surface area (Å²) in [6.45, 7) is 0. The number of rotatable bonds is 2. The van der Waals surface area contributed by atoms with E-state index < -0.39 is 16.8 Å². The van der Waals surface area contributed by atoms with Gasteiger partial charge in [-0.05, 0) is 0 Å². The molecule has 0 radical (unpaired) electrons. The average Bonchev–Trinajstić information content (AvgIpc) is 1.21. The number of hydrogen-bond acceptors (Lipinski definition) is 5. The van der Waals surface area contributed by atoms with Crippen molar-refractivity contribution in [3.05, 3.63) is 0 Å². The molecule has 0 aromatic rings. The van der Waals surface area contributed by atoms with Gasteiger partial charge in [0.15, 0.2) is 6.35 Å². The maximum absolute atomic E-state index is 9.62. The standard InChI is InChI=1S/CH6N2O4S/c2-1(3)7-8(4,5)6/h1H,2-3H2,(H,4,5,6). The van der Waals surface area contributed by atoms with Crippen molar-refractivity contribution in [2.75, 3.05) is 0 Å². The maximum atomic E-state index is 9.62. The second-order valence-corrected chi connectivity index (χ2v) is 2.04. The summed E-state index contributed by atoms with van der Waals surface area (Å²) in [5, 5.41) is 0. The molecule has 0 amide bonds. The molecule has 50 valence electrons. The monoisotopic (exact) mass is 142 g/mol. The zero-order valence-electron chi connectivity index (χ0n) is 3.81. The van der Waals surface area contributed by atoms with Crippen molar-refractivity contribution < 1.29 is 17.2 Å². The Morgan fingerprint density at radius 3 is 1.88 bits per heavy atom. The minimum atomic E-state index is -4.47. The van der Waals surface area contributed by atoms with Crippen LogP contribution in [0.3, 0.4) is 0 Å². The Morgan fingerprint density at radius 1 is 1.50 bits per heavy atom. The molecule has 0 aliphatic carbocycles. The van der Waals surface area contributed by atoms with E-state index in [4.69, 9.17) is 4.55 Å². The van der Waals surface area contributed by atoms with Gasteiger partial charge in [-0.3, -0.25) is 16.0 Å². The number of hydrogen-bond donors (Lipinski definition) is 3. The van der Waals surface area contributed by atoms with Crippen LogP contribution in [0.4, 0.5) is 0 Å². The van der Waals surface area contributed by atoms with Gasteiger partial charge in [0.2, 0.25) is 0 Å². The molecule has 8 heavy (non-hydrogen) atoms. The quantitative estimate of drug-likeness (QED) is 0.303. The Bertz CT molecular complexity index is 147. The Balaban J connectivity index is 3.75. The molecular weight excluding hydrogens is 136 g/mol. The molecule has 0 fully saturated rings. The van der Waals surface area contributed by atoms with Gasteiger partial charge in [0.25, 0.3) is 0 Å². The average molecular weight is 142 g/mol. The second-order valence-electron chi connectivity index (χ2n) is 0.989. The van der Waals surface area contributed by atoms with Crippen LogP contribution in [0.15, 0.2) is 0 Å². The summed E-state index contributed by atoms with van der Waals surface area (Å²) >= 11 is 0. The van der Waals surface area contributed by atoms with Gasteiger partial charge in [-0.25, -0.2) is 4.18 Å². The lowest BCUT2D eigenvalue weighted by Gasteiger charge is -2.00. The van der Waals surface area contributed by atoms with Gasteiger partial charge < -0.3 is 0 Å². The molecular formula is CH6N2O4S. The van der Waals surface area contributed by atoms with Crippen molar-refractivity contribution in [1.29, 1.82) is 0 Å². The lowest BCUT2D eigenvalue weighted by Crippen LogP contribution is -2.35. The van der Waals surface area contributed by atoms with Gasteiger partial charge in [-0.2, -0.15) is 8.42 Å². The van der Waals surface area contributed by atoms with Crippen molar-refractivity contribution in [2.24, 2.45) is 11.5 Å². The molecule has 0 saturated carbocycles. The summed E-state index contributed by atoms with van der Waals surface area (Å²) in [5.41, 5.74) is 9.19. The molecule has 0 aliphatic rings. The first kappa shape index (κ1) is 7.79. The van der Waals surface area contributed by atoms with Gasteiger partial charge in [0.1, 0.15) is 0 Å². The fourth-order valence-corrected chi connectivity index (χ4v) is 0.421. The first-order valence-corrected chi connectivity index (χ1v) is 2.95. The van der Waals surface area contributed by atoms with Crippen molar-refractivity contribution in [3.63, 3.8) is 0 Å². The van der Waals surface area contributed by atoms with Crippen LogP contribution in [0.5, 0.6) is 0 Å². The van der Waals surface area contributed by atoms with Crippen LogP contribution in [0.1, 0.15) is 0 Å². The topological polar surface area (TPSA) is 116 Å². The lowest BCUT2D eigenvalue weighted by molar-refractivity contribution is 0.194. The second kappa shape index (κ2) is 2.37. The fourth-order valence-electron chi connectivity index (χ4n) is 0.140. The number of nitrogens with two attached hydrogens (primary N) is 2. The highest BCUT2D eigenvalue weighted by molar-refractivity contribution is 7.80. The van der Waals surface area contributed by atoms with Crippen LogP contribution in [-0.4, -0.2) is 19.3 Å². The van der Waals surface area contributed by atoms with Crippen molar-refractivity contribution >= 4 is 10.4 Å². The summed E-state index contributed by atoms with van der Waals surface area (Å²) in [6, 6.07) is 0. The largest absolute Gasteiger partial charge is 0.400 e. The third-order valence-corrected chi connectivity index (χ3v) is 0.698. The van der Waals surface area contributed by atoms with E-state index in [0.717, 1.165) is 0 Å². The normalized spacial score (nSPS) is 12.5. The molecule has 0 heterocycles. The minimum absolute atomic E-state index is 1.50. The predicted molar refractivity (Wildman–Crippen MR) is 24.8 cm³/mol. The van der Waals surface area contributed by atoms with Gasteiger partial charge in [-0.1, -0.05) is 0 Å². The molecule has 0 aliphatic heterocycles. The Morgan fingerprint density at radius 2 is 1.88 bits per heavy atom. The molecule has 0 atom stereocenters. The molecule has 0 saturated heterocycles. The maximum Gasteiger partial charge on any atom is 0.400 e. The van der Waals surface area contributed by atoms with Crippen LogP contribution in [0.2, 0.25) is 0 Å². The molecule has 5 N–H and O–H groups in total. The highest BCUT2D eigenvalue weighted by Gasteiger charge is 2.06. The highest BCUT2D eigenvalue weighted by atomic mass is 32.3. The zero-order chi connectivity index (χ0) is 6.78. The smallest absolute Gasteiger partial charge is 0.292 e. The zero-order valence-corrected chi connectivity index (χ0v) is 4.63. The molecule has 0 spiro atoms. The van der Waals surface area contributed by atoms with Crippen molar-refractivity contribution in [3.8, 4) is 0 Å². The third kappa shape index (κ3) is 5.79. The van der Waals surface area contributed by atoms with Crippen LogP contribution >= 0.6 is 0 Å². The first-order chi connectivity index (χ1) is 3.42. The SMILES string of the molecule is NC(N)OS(=O)(=O)O. The van der Waals surface area contributed by atoms with E-state index in [1.165, 1.54) is 0 Å². The Hall–Kier alpha value is -0.210. The Labute approximate surface area is 46.4 Å². The summed E-state index contributed by atoms with van der Waals surface area (Å²) < 4.78 is 30.5. The molecule has 0 aromatic carbocycles. The first-order valence-electron chi connectivity index (χ1n) is 1.58. The predicted octanol–water partition coefficient (Wildman–Crippen LogP) is -1.99. The van der Waals surface area contributed by atoms with Gasteiger partial charge >= 0.3 is 10.4 Å². The fraction of sp³-hybridized carbons (Fsp3) is 1.00. The van der Waals surface area contributed by atoms with E-state index in [0.29, 0.717) is 0 Å². The van der Waals surface area contributed by atoms with Crippen LogP contribution in [0, 0.1) is 0 Å². The van der Waals surface area contributed by atoms with E-state index in [1.54, 1.807) is 0 Å². The molecule has 0 rings (SSSR count). The van der Waals surface area contributed by atoms with Gasteiger partial charge in [0, 0.05) is 0 Å². The summed E-state index contributed by atoms with van der Waals surface area (Å²) in [4.78, 5) is 0. The van der Waals surface area contributed by atoms with Gasteiger partial charge in [0.05, 0.1) is 0 Å². The van der Waals surface area contributed by atoms with Crippen molar-refractivity contribution in [1.82, 2.24) is 0 Å². The summed E-state index contributed by atoms with van der Waals surface area (Å²) in [7, 11) is -4.47. The van der Waals surface area contributed by atoms with E-state index in [1.807, 2.05) is 0 Å². The molecule has 0 bridgehead atoms. The van der Waals surface area contributed by atoms with E-state index in [-0.39, 0.29) is 0 Å². The molecule has 7 heteroatoms. The summed E-state index contributed by atoms with van der Waals surface area (Å²) in [6.07, 6.45) is -1.50. The minimum Gasteiger partial charge on any atom is -0.292 e. The molecule has 0 unspecified atom stereocenters. The van der Waals surface area contributed by atoms with E-state index in [9.17, 15) is 8.42 Å². The van der Waals surface area contributed by atoms with Crippen LogP contribution in [0.25, 0.3) is 0 Å². The summed E-state index contributed by atoms with van der Waals surface area (Å²) in [5.74, 6) is 0. The van der Waals surface area contributed by atoms with E-state index >= 15 is 0 Å². The van der Waals surface area contributed by atoms with Crippen LogP contribution < -0.4 is 11.5 Å². The van der Waals surface area contributed by atoms with Crippen molar-refractivity contribution in [2.45, 2.75) is 6.35 Å². The highest BCUT2D eigenvalue weighted by Crippen LogP contribution is 1.82. The lowest BCUT2D eigenvalue weighted by atomic mass is 11.1.